The number of aryl methyl sites for hydroxylation is 1. The maximum Gasteiger partial charge on any atom is 0.337 e. The zero-order valence-electron chi connectivity index (χ0n) is 15.9. The number of nitrogens with zero attached hydrogens (tertiary/aromatic N) is 4. The zero-order valence-corrected chi connectivity index (χ0v) is 16.7. The van der Waals surface area contributed by atoms with Gasteiger partial charge in [-0.2, -0.15) is 5.10 Å². The molecule has 0 bridgehead atoms. The highest BCUT2D eigenvalue weighted by Gasteiger charge is 2.22. The Morgan fingerprint density at radius 1 is 1.31 bits per heavy atom. The molecule has 1 aromatic carbocycles. The third-order valence-corrected chi connectivity index (χ3v) is 5.06. The van der Waals surface area contributed by atoms with Crippen molar-refractivity contribution in [3.8, 4) is 11.4 Å². The number of anilines is 1. The molecule has 3 heterocycles. The fraction of sp³-hybridized carbons (Fsp3) is 0.263. The molecule has 150 valence electrons. The Kier molecular flexibility index (Phi) is 5.08. The number of halogens is 1. The minimum Gasteiger partial charge on any atom is -0.465 e. The lowest BCUT2D eigenvalue weighted by Crippen LogP contribution is -2.04. The maximum atomic E-state index is 11.8. The van der Waals surface area contributed by atoms with Crippen molar-refractivity contribution in [2.45, 2.75) is 13.0 Å². The molecule has 9 nitrogen and oxygen atoms in total. The Bertz CT molecular complexity index is 1220. The number of benzene rings is 1. The van der Waals surface area contributed by atoms with Crippen molar-refractivity contribution in [1.82, 2.24) is 24.7 Å². The van der Waals surface area contributed by atoms with Gasteiger partial charge in [0.25, 0.3) is 0 Å². The average Bonchev–Trinajstić information content (AvgIpc) is 3.26. The molecular weight excluding hydrogens is 396 g/mol. The van der Waals surface area contributed by atoms with E-state index in [1.807, 2.05) is 0 Å². The monoisotopic (exact) mass is 414 g/mol. The number of carbonyl (C=O) groups excluding carboxylic acids is 1. The first-order valence-electron chi connectivity index (χ1n) is 8.91. The molecule has 0 atom stereocenters. The molecular formula is C19H19ClN6O3. The molecule has 0 radical (unpaired) electrons. The first-order valence-corrected chi connectivity index (χ1v) is 9.28. The second-order valence-corrected chi connectivity index (χ2v) is 6.82. The summed E-state index contributed by atoms with van der Waals surface area (Å²) in [7, 11) is 2.99. The normalized spacial score (nSPS) is 11.4. The summed E-state index contributed by atoms with van der Waals surface area (Å²) < 4.78 is 11.7. The van der Waals surface area contributed by atoms with E-state index in [1.165, 1.54) is 13.4 Å². The van der Waals surface area contributed by atoms with Crippen molar-refractivity contribution in [2.75, 3.05) is 26.6 Å². The van der Waals surface area contributed by atoms with E-state index < -0.39 is 5.97 Å². The molecule has 3 N–H and O–H groups in total. The molecule has 0 spiro atoms. The highest BCUT2D eigenvalue weighted by atomic mass is 35.5. The number of fused-ring (bicyclic) bond motifs is 2. The fourth-order valence-corrected chi connectivity index (χ4v) is 3.59. The fourth-order valence-electron chi connectivity index (χ4n) is 3.29. The number of nitrogen functional groups attached to an aromatic ring is 1. The van der Waals surface area contributed by atoms with Gasteiger partial charge in [0.1, 0.15) is 17.8 Å². The molecule has 0 saturated heterocycles. The van der Waals surface area contributed by atoms with Crippen LogP contribution in [0.25, 0.3) is 33.3 Å². The molecule has 0 aliphatic heterocycles. The number of rotatable bonds is 6. The lowest BCUT2D eigenvalue weighted by molar-refractivity contribution is 0.0601. The van der Waals surface area contributed by atoms with Gasteiger partial charge in [0.2, 0.25) is 0 Å². The molecule has 0 fully saturated rings. The molecule has 3 aromatic heterocycles. The van der Waals surface area contributed by atoms with Gasteiger partial charge in [-0.15, -0.1) is 0 Å². The van der Waals surface area contributed by atoms with E-state index in [9.17, 15) is 4.79 Å². The minimum absolute atomic E-state index is 0.313. The van der Waals surface area contributed by atoms with Crippen LogP contribution >= 0.6 is 11.6 Å². The van der Waals surface area contributed by atoms with E-state index in [1.54, 1.807) is 30.0 Å². The number of H-pyrrole nitrogens is 1. The minimum atomic E-state index is -0.426. The van der Waals surface area contributed by atoms with Crippen LogP contribution in [0, 0.1) is 0 Å². The number of aromatic nitrogens is 5. The summed E-state index contributed by atoms with van der Waals surface area (Å²) in [5, 5.41) is 6.54. The van der Waals surface area contributed by atoms with Crippen molar-refractivity contribution >= 4 is 45.3 Å². The summed E-state index contributed by atoms with van der Waals surface area (Å²) in [6.45, 7) is 1.20. The predicted octanol–water partition coefficient (Wildman–Crippen LogP) is 3.03. The summed E-state index contributed by atoms with van der Waals surface area (Å²) in [5.74, 6) is -0.113. The molecule has 0 aliphatic rings. The number of methoxy groups -OCH3 is 2. The first-order chi connectivity index (χ1) is 14.0. The van der Waals surface area contributed by atoms with Gasteiger partial charge in [-0.25, -0.2) is 19.4 Å². The third-order valence-electron chi connectivity index (χ3n) is 4.67. The molecule has 10 heteroatoms. The van der Waals surface area contributed by atoms with Crippen LogP contribution in [0.5, 0.6) is 0 Å². The van der Waals surface area contributed by atoms with Gasteiger partial charge in [0.15, 0.2) is 5.65 Å². The van der Waals surface area contributed by atoms with Crippen LogP contribution in [0.2, 0.25) is 5.02 Å². The summed E-state index contributed by atoms with van der Waals surface area (Å²) in [4.78, 5) is 23.5. The van der Waals surface area contributed by atoms with Crippen molar-refractivity contribution in [3.05, 3.63) is 35.1 Å². The van der Waals surface area contributed by atoms with Gasteiger partial charge >= 0.3 is 5.97 Å². The highest BCUT2D eigenvalue weighted by Crippen LogP contribution is 2.38. The Morgan fingerprint density at radius 2 is 2.14 bits per heavy atom. The van der Waals surface area contributed by atoms with Gasteiger partial charge in [0, 0.05) is 31.2 Å². The summed E-state index contributed by atoms with van der Waals surface area (Å²) >= 11 is 6.65. The summed E-state index contributed by atoms with van der Waals surface area (Å²) in [6.07, 6.45) is 2.17. The lowest BCUT2D eigenvalue weighted by Gasteiger charge is -2.01. The molecule has 0 unspecified atom stereocenters. The maximum absolute atomic E-state index is 11.8. The highest BCUT2D eigenvalue weighted by molar-refractivity contribution is 6.38. The number of carbonyl (C=O) groups is 1. The second kappa shape index (κ2) is 7.69. The third kappa shape index (κ3) is 3.28. The van der Waals surface area contributed by atoms with Crippen LogP contribution in [0.4, 0.5) is 5.82 Å². The van der Waals surface area contributed by atoms with Gasteiger partial charge in [-0.05, 0) is 18.6 Å². The van der Waals surface area contributed by atoms with Crippen LogP contribution in [0.15, 0.2) is 24.5 Å². The van der Waals surface area contributed by atoms with Crippen LogP contribution in [-0.2, 0) is 16.0 Å². The van der Waals surface area contributed by atoms with E-state index >= 15 is 0 Å². The van der Waals surface area contributed by atoms with Crippen molar-refractivity contribution < 1.29 is 14.3 Å². The number of aromatic amines is 1. The molecule has 4 aromatic rings. The topological polar surface area (TPSA) is 121 Å². The Balaban J connectivity index is 1.88. The number of esters is 1. The molecule has 0 saturated carbocycles. The van der Waals surface area contributed by atoms with Gasteiger partial charge in [-0.3, -0.25) is 0 Å². The van der Waals surface area contributed by atoms with Crippen LogP contribution in [0.3, 0.4) is 0 Å². The molecule has 4 rings (SSSR count). The largest absolute Gasteiger partial charge is 0.465 e. The van der Waals surface area contributed by atoms with Gasteiger partial charge < -0.3 is 20.2 Å². The SMILES string of the molecule is COCCCn1nc(-c2[nH]c3cc(C(=O)OC)ccc3c2Cl)c2c(N)ncnc21. The first kappa shape index (κ1) is 19.2. The van der Waals surface area contributed by atoms with E-state index in [0.717, 1.165) is 11.8 Å². The van der Waals surface area contributed by atoms with Gasteiger partial charge in [0.05, 0.1) is 28.8 Å². The number of nitrogens with one attached hydrogen (secondary N) is 1. The van der Waals surface area contributed by atoms with Crippen LogP contribution < -0.4 is 5.73 Å². The van der Waals surface area contributed by atoms with Crippen LogP contribution in [-0.4, -0.2) is 51.5 Å². The van der Waals surface area contributed by atoms with Crippen molar-refractivity contribution in [3.63, 3.8) is 0 Å². The quantitative estimate of drug-likeness (QED) is 0.367. The number of nitrogens with two attached hydrogens (primary N) is 1. The lowest BCUT2D eigenvalue weighted by atomic mass is 10.1. The average molecular weight is 415 g/mol. The molecule has 0 amide bonds. The summed E-state index contributed by atoms with van der Waals surface area (Å²) in [5.41, 5.74) is 9.00. The Hall–Kier alpha value is -3.17. The number of ether oxygens (including phenoxy) is 2. The van der Waals surface area contributed by atoms with Crippen LogP contribution in [0.1, 0.15) is 16.8 Å². The molecule has 29 heavy (non-hydrogen) atoms. The van der Waals surface area contributed by atoms with E-state index in [0.29, 0.717) is 57.5 Å². The zero-order chi connectivity index (χ0) is 20.5. The smallest absolute Gasteiger partial charge is 0.337 e. The number of hydrogen-bond donors (Lipinski definition) is 2. The van der Waals surface area contributed by atoms with Gasteiger partial charge in [-0.1, -0.05) is 17.7 Å². The van der Waals surface area contributed by atoms with Crippen molar-refractivity contribution in [2.24, 2.45) is 0 Å². The second-order valence-electron chi connectivity index (χ2n) is 6.44. The van der Waals surface area contributed by atoms with E-state index in [2.05, 4.69) is 15.0 Å². The predicted molar refractivity (Wildman–Crippen MR) is 110 cm³/mol. The Labute approximate surface area is 170 Å². The summed E-state index contributed by atoms with van der Waals surface area (Å²) in [6, 6.07) is 5.12. The van der Waals surface area contributed by atoms with Crippen molar-refractivity contribution in [1.29, 1.82) is 0 Å². The van der Waals surface area contributed by atoms with E-state index in [-0.39, 0.29) is 0 Å². The Morgan fingerprint density at radius 3 is 2.90 bits per heavy atom. The molecule has 0 aliphatic carbocycles. The standard InChI is InChI=1S/C19H19ClN6O3/c1-28-7-3-6-26-18-13(17(21)22-9-23-18)15(25-26)16-14(20)11-5-4-10(19(27)29-2)8-12(11)24-16/h4-5,8-9,24H,3,6-7H2,1-2H3,(H2,21,22,23). The van der Waals surface area contributed by atoms with E-state index in [4.69, 9.17) is 31.9 Å². The number of hydrogen-bond acceptors (Lipinski definition) is 7.